The van der Waals surface area contributed by atoms with Crippen molar-refractivity contribution in [2.45, 2.75) is 19.4 Å². The van der Waals surface area contributed by atoms with E-state index in [0.29, 0.717) is 16.4 Å². The van der Waals surface area contributed by atoms with E-state index in [1.165, 1.54) is 0 Å². The Labute approximate surface area is 129 Å². The van der Waals surface area contributed by atoms with Crippen LogP contribution >= 0.6 is 11.6 Å². The number of halogens is 1. The van der Waals surface area contributed by atoms with Crippen LogP contribution in [0.4, 0.5) is 5.69 Å². The number of likely N-dealkylation sites (N-methyl/N-ethyl adjacent to an activating group) is 1. The molecule has 110 valence electrons. The molecular formula is C16H18ClN3O. The Morgan fingerprint density at radius 3 is 2.76 bits per heavy atom. The van der Waals surface area contributed by atoms with Gasteiger partial charge in [0, 0.05) is 17.8 Å². The smallest absolute Gasteiger partial charge is 0.228 e. The molecule has 2 rings (SSSR count). The Balaban J connectivity index is 2.06. The van der Waals surface area contributed by atoms with Crippen LogP contribution in [0, 0.1) is 0 Å². The van der Waals surface area contributed by atoms with Crippen LogP contribution in [-0.2, 0) is 11.2 Å². The van der Waals surface area contributed by atoms with E-state index in [-0.39, 0.29) is 18.4 Å². The van der Waals surface area contributed by atoms with Gasteiger partial charge < -0.3 is 10.6 Å². The zero-order chi connectivity index (χ0) is 15.4. The summed E-state index contributed by atoms with van der Waals surface area (Å²) in [4.78, 5) is 18.2. The second kappa shape index (κ2) is 6.59. The minimum absolute atomic E-state index is 0.000234. The van der Waals surface area contributed by atoms with E-state index in [9.17, 15) is 4.79 Å². The van der Waals surface area contributed by atoms with Crippen molar-refractivity contribution in [1.82, 2.24) is 9.88 Å². The summed E-state index contributed by atoms with van der Waals surface area (Å²) in [6.07, 6.45) is 1.81. The molecule has 0 saturated carbocycles. The van der Waals surface area contributed by atoms with Crippen molar-refractivity contribution in [3.8, 4) is 0 Å². The van der Waals surface area contributed by atoms with E-state index in [4.69, 9.17) is 17.3 Å². The van der Waals surface area contributed by atoms with E-state index in [0.717, 1.165) is 5.56 Å². The van der Waals surface area contributed by atoms with Crippen LogP contribution in [0.25, 0.3) is 0 Å². The Morgan fingerprint density at radius 2 is 2.14 bits per heavy atom. The molecule has 1 aromatic carbocycles. The number of pyridine rings is 1. The summed E-state index contributed by atoms with van der Waals surface area (Å²) in [7, 11) is 1.78. The van der Waals surface area contributed by atoms with Crippen molar-refractivity contribution in [2.75, 3.05) is 12.8 Å². The monoisotopic (exact) mass is 303 g/mol. The van der Waals surface area contributed by atoms with E-state index in [2.05, 4.69) is 4.98 Å². The van der Waals surface area contributed by atoms with E-state index in [1.807, 2.05) is 31.2 Å². The number of aromatic nitrogens is 1. The number of carbonyl (C=O) groups excluding carboxylic acids is 1. The lowest BCUT2D eigenvalue weighted by Crippen LogP contribution is -2.31. The highest BCUT2D eigenvalue weighted by Crippen LogP contribution is 2.22. The number of benzene rings is 1. The average molecular weight is 304 g/mol. The number of nitrogens with two attached hydrogens (primary N) is 1. The zero-order valence-electron chi connectivity index (χ0n) is 12.1. The maximum atomic E-state index is 12.3. The number of carbonyl (C=O) groups is 1. The molecule has 0 aliphatic rings. The van der Waals surface area contributed by atoms with E-state index < -0.39 is 0 Å². The number of nitrogens with zero attached hydrogens (tertiary/aromatic N) is 2. The van der Waals surface area contributed by atoms with Crippen LogP contribution in [-0.4, -0.2) is 22.8 Å². The third-order valence-corrected chi connectivity index (χ3v) is 3.72. The normalized spacial score (nSPS) is 12.0. The molecule has 0 radical (unpaired) electrons. The van der Waals surface area contributed by atoms with Gasteiger partial charge in [0.25, 0.3) is 0 Å². The first-order valence-electron chi connectivity index (χ1n) is 6.69. The molecule has 0 saturated heterocycles. The summed E-state index contributed by atoms with van der Waals surface area (Å²) in [6, 6.07) is 11.0. The van der Waals surface area contributed by atoms with Gasteiger partial charge in [-0.05, 0) is 36.8 Å². The molecule has 21 heavy (non-hydrogen) atoms. The van der Waals surface area contributed by atoms with Gasteiger partial charge in [-0.2, -0.15) is 0 Å². The predicted molar refractivity (Wildman–Crippen MR) is 85.0 cm³/mol. The highest BCUT2D eigenvalue weighted by Gasteiger charge is 2.18. The lowest BCUT2D eigenvalue weighted by atomic mass is 10.1. The molecule has 4 nitrogen and oxygen atoms in total. The Kier molecular flexibility index (Phi) is 4.81. The van der Waals surface area contributed by atoms with Gasteiger partial charge in [-0.25, -0.2) is 0 Å². The molecule has 0 fully saturated rings. The number of anilines is 1. The topological polar surface area (TPSA) is 59.2 Å². The maximum absolute atomic E-state index is 12.3. The van der Waals surface area contributed by atoms with Gasteiger partial charge >= 0.3 is 0 Å². The largest absolute Gasteiger partial charge is 0.397 e. The van der Waals surface area contributed by atoms with Gasteiger partial charge in [0.15, 0.2) is 0 Å². The molecule has 2 N–H and O–H groups in total. The van der Waals surface area contributed by atoms with Gasteiger partial charge in [0.05, 0.1) is 24.3 Å². The Hall–Kier alpha value is -2.07. The van der Waals surface area contributed by atoms with Crippen LogP contribution in [0.5, 0.6) is 0 Å². The van der Waals surface area contributed by atoms with Crippen molar-refractivity contribution in [2.24, 2.45) is 0 Å². The zero-order valence-corrected chi connectivity index (χ0v) is 12.8. The predicted octanol–water partition coefficient (Wildman–Crippen LogP) is 3.08. The van der Waals surface area contributed by atoms with Gasteiger partial charge in [-0.3, -0.25) is 9.78 Å². The van der Waals surface area contributed by atoms with Crippen molar-refractivity contribution < 1.29 is 4.79 Å². The summed E-state index contributed by atoms with van der Waals surface area (Å²) in [5.74, 6) is -0.000234. The summed E-state index contributed by atoms with van der Waals surface area (Å²) in [5, 5.41) is 0.667. The number of nitrogen functional groups attached to an aromatic ring is 1. The fourth-order valence-electron chi connectivity index (χ4n) is 2.03. The minimum Gasteiger partial charge on any atom is -0.397 e. The quantitative estimate of drug-likeness (QED) is 0.944. The fourth-order valence-corrected chi connectivity index (χ4v) is 2.22. The Bertz CT molecular complexity index is 628. The fraction of sp³-hybridized carbons (Fsp3) is 0.250. The molecule has 0 aliphatic heterocycles. The molecule has 0 bridgehead atoms. The first-order chi connectivity index (χ1) is 9.97. The molecule has 1 amide bonds. The molecular weight excluding hydrogens is 286 g/mol. The van der Waals surface area contributed by atoms with Crippen molar-refractivity contribution >= 4 is 23.2 Å². The molecule has 0 aliphatic carbocycles. The summed E-state index contributed by atoms with van der Waals surface area (Å²) in [5.41, 5.74) is 7.89. The molecule has 5 heteroatoms. The van der Waals surface area contributed by atoms with Crippen LogP contribution in [0.2, 0.25) is 5.02 Å². The van der Waals surface area contributed by atoms with Crippen molar-refractivity contribution in [3.05, 3.63) is 58.9 Å². The third kappa shape index (κ3) is 3.95. The number of hydrogen-bond acceptors (Lipinski definition) is 3. The van der Waals surface area contributed by atoms with Gasteiger partial charge in [-0.15, -0.1) is 0 Å². The highest BCUT2D eigenvalue weighted by molar-refractivity contribution is 6.30. The molecule has 2 aromatic rings. The second-order valence-electron chi connectivity index (χ2n) is 5.00. The lowest BCUT2D eigenvalue weighted by molar-refractivity contribution is -0.131. The SMILES string of the molecule is CC(c1cccc(Cl)c1)N(C)C(=O)Cc1ccc(N)cn1. The summed E-state index contributed by atoms with van der Waals surface area (Å²) < 4.78 is 0. The summed E-state index contributed by atoms with van der Waals surface area (Å²) in [6.45, 7) is 1.97. The highest BCUT2D eigenvalue weighted by atomic mass is 35.5. The standard InChI is InChI=1S/C16H18ClN3O/c1-11(12-4-3-5-13(17)8-12)20(2)16(21)9-15-7-6-14(18)10-19-15/h3-8,10-11H,9,18H2,1-2H3. The average Bonchev–Trinajstić information content (AvgIpc) is 2.48. The molecule has 1 atom stereocenters. The molecule has 1 aromatic heterocycles. The first kappa shape index (κ1) is 15.3. The lowest BCUT2D eigenvalue weighted by Gasteiger charge is -2.25. The van der Waals surface area contributed by atoms with Crippen molar-refractivity contribution in [1.29, 1.82) is 0 Å². The Morgan fingerprint density at radius 1 is 1.38 bits per heavy atom. The number of hydrogen-bond donors (Lipinski definition) is 1. The number of amides is 1. The van der Waals surface area contributed by atoms with Gasteiger partial charge in [-0.1, -0.05) is 23.7 Å². The summed E-state index contributed by atoms with van der Waals surface area (Å²) >= 11 is 5.99. The minimum atomic E-state index is -0.0509. The van der Waals surface area contributed by atoms with Crippen LogP contribution < -0.4 is 5.73 Å². The third-order valence-electron chi connectivity index (χ3n) is 3.49. The first-order valence-corrected chi connectivity index (χ1v) is 7.06. The van der Waals surface area contributed by atoms with Gasteiger partial charge in [0.1, 0.15) is 0 Å². The molecule has 0 spiro atoms. The number of rotatable bonds is 4. The van der Waals surface area contributed by atoms with Gasteiger partial charge in [0.2, 0.25) is 5.91 Å². The van der Waals surface area contributed by atoms with Crippen LogP contribution in [0.3, 0.4) is 0 Å². The van der Waals surface area contributed by atoms with Crippen molar-refractivity contribution in [3.63, 3.8) is 0 Å². The van der Waals surface area contributed by atoms with Crippen LogP contribution in [0.1, 0.15) is 24.2 Å². The van der Waals surface area contributed by atoms with Crippen LogP contribution in [0.15, 0.2) is 42.6 Å². The molecule has 1 heterocycles. The molecule has 1 unspecified atom stereocenters. The van der Waals surface area contributed by atoms with E-state index in [1.54, 1.807) is 30.3 Å². The maximum Gasteiger partial charge on any atom is 0.228 e. The second-order valence-corrected chi connectivity index (χ2v) is 5.43. The van der Waals surface area contributed by atoms with E-state index >= 15 is 0 Å².